The Bertz CT molecular complexity index is 856. The SMILES string of the molecule is COc1cc(/C=N\NC(=S)Nc2cccc(Cl)c2C)ccc1OC(C)=O. The van der Waals surface area contributed by atoms with Crippen LogP contribution in [0.25, 0.3) is 0 Å². The molecule has 0 unspecified atom stereocenters. The van der Waals surface area contributed by atoms with E-state index in [2.05, 4.69) is 15.8 Å². The zero-order chi connectivity index (χ0) is 19.1. The summed E-state index contributed by atoms with van der Waals surface area (Å²) in [5.41, 5.74) is 5.17. The molecular weight excluding hydrogens is 374 g/mol. The molecule has 0 atom stereocenters. The summed E-state index contributed by atoms with van der Waals surface area (Å²) in [6.45, 7) is 3.22. The van der Waals surface area contributed by atoms with Crippen molar-refractivity contribution >= 4 is 46.8 Å². The molecule has 2 N–H and O–H groups in total. The Morgan fingerprint density at radius 3 is 2.73 bits per heavy atom. The number of halogens is 1. The van der Waals surface area contributed by atoms with E-state index >= 15 is 0 Å². The van der Waals surface area contributed by atoms with Crippen molar-refractivity contribution in [2.45, 2.75) is 13.8 Å². The molecule has 136 valence electrons. The molecule has 0 amide bonds. The van der Waals surface area contributed by atoms with E-state index in [1.807, 2.05) is 25.1 Å². The third-order valence-electron chi connectivity index (χ3n) is 3.34. The Hall–Kier alpha value is -2.64. The number of nitrogens with one attached hydrogen (secondary N) is 2. The van der Waals surface area contributed by atoms with Crippen LogP contribution in [0, 0.1) is 6.92 Å². The van der Waals surface area contributed by atoms with Crippen LogP contribution in [0.2, 0.25) is 5.02 Å². The van der Waals surface area contributed by atoms with Crippen molar-refractivity contribution in [3.8, 4) is 11.5 Å². The van der Waals surface area contributed by atoms with Gasteiger partial charge in [0.25, 0.3) is 0 Å². The number of thiocarbonyl (C=S) groups is 1. The summed E-state index contributed by atoms with van der Waals surface area (Å²) in [6, 6.07) is 10.6. The summed E-state index contributed by atoms with van der Waals surface area (Å²) in [5, 5.41) is 8.09. The first-order valence-electron chi connectivity index (χ1n) is 7.62. The Balaban J connectivity index is 2.00. The van der Waals surface area contributed by atoms with E-state index in [-0.39, 0.29) is 0 Å². The molecule has 2 rings (SSSR count). The lowest BCUT2D eigenvalue weighted by atomic mass is 10.2. The maximum absolute atomic E-state index is 11.1. The van der Waals surface area contributed by atoms with Crippen LogP contribution < -0.4 is 20.2 Å². The van der Waals surface area contributed by atoms with Crippen molar-refractivity contribution in [3.05, 3.63) is 52.5 Å². The molecule has 0 aromatic heterocycles. The van der Waals surface area contributed by atoms with E-state index in [1.165, 1.54) is 14.0 Å². The van der Waals surface area contributed by atoms with Gasteiger partial charge in [-0.2, -0.15) is 5.10 Å². The second-order valence-electron chi connectivity index (χ2n) is 5.24. The zero-order valence-electron chi connectivity index (χ0n) is 14.5. The van der Waals surface area contributed by atoms with Crippen molar-refractivity contribution in [1.29, 1.82) is 0 Å². The number of carbonyl (C=O) groups is 1. The summed E-state index contributed by atoms with van der Waals surface area (Å²) < 4.78 is 10.3. The molecule has 0 radical (unpaired) electrons. The van der Waals surface area contributed by atoms with Crippen molar-refractivity contribution in [3.63, 3.8) is 0 Å². The van der Waals surface area contributed by atoms with Gasteiger partial charge in [0, 0.05) is 17.6 Å². The third kappa shape index (κ3) is 5.44. The number of esters is 1. The number of hydrazone groups is 1. The van der Waals surface area contributed by atoms with Crippen LogP contribution in [0.1, 0.15) is 18.1 Å². The predicted molar refractivity (Wildman–Crippen MR) is 107 cm³/mol. The third-order valence-corrected chi connectivity index (χ3v) is 3.94. The highest BCUT2D eigenvalue weighted by atomic mass is 35.5. The van der Waals surface area contributed by atoms with Gasteiger partial charge in [0.1, 0.15) is 0 Å². The summed E-state index contributed by atoms with van der Waals surface area (Å²) in [5.74, 6) is 0.359. The number of ether oxygens (including phenoxy) is 2. The molecule has 0 heterocycles. The minimum absolute atomic E-state index is 0.329. The number of anilines is 1. The lowest BCUT2D eigenvalue weighted by Gasteiger charge is -2.11. The molecular formula is C18H18ClN3O3S. The second kappa shape index (κ2) is 9.17. The van der Waals surface area contributed by atoms with Crippen LogP contribution in [0.4, 0.5) is 5.69 Å². The van der Waals surface area contributed by atoms with Gasteiger partial charge in [0.05, 0.1) is 13.3 Å². The molecule has 0 fully saturated rings. The Morgan fingerprint density at radius 2 is 2.04 bits per heavy atom. The van der Waals surface area contributed by atoms with E-state index in [1.54, 1.807) is 24.4 Å². The fourth-order valence-corrected chi connectivity index (χ4v) is 2.40. The maximum Gasteiger partial charge on any atom is 0.308 e. The molecule has 0 saturated heterocycles. The average Bonchev–Trinajstić information content (AvgIpc) is 2.59. The summed E-state index contributed by atoms with van der Waals surface area (Å²) in [7, 11) is 1.49. The number of hydrogen-bond acceptors (Lipinski definition) is 5. The van der Waals surface area contributed by atoms with Crippen LogP contribution in [-0.4, -0.2) is 24.4 Å². The first-order valence-corrected chi connectivity index (χ1v) is 8.41. The molecule has 8 heteroatoms. The zero-order valence-corrected chi connectivity index (χ0v) is 16.1. The summed E-state index contributed by atoms with van der Waals surface area (Å²) in [6.07, 6.45) is 1.57. The smallest absolute Gasteiger partial charge is 0.308 e. The van der Waals surface area contributed by atoms with Gasteiger partial charge in [-0.05, 0) is 60.6 Å². The second-order valence-corrected chi connectivity index (χ2v) is 6.06. The number of benzene rings is 2. The predicted octanol–water partition coefficient (Wildman–Crippen LogP) is 3.90. The van der Waals surface area contributed by atoms with E-state index in [0.717, 1.165) is 16.8 Å². The minimum Gasteiger partial charge on any atom is -0.493 e. The fourth-order valence-electron chi connectivity index (χ4n) is 2.06. The number of nitrogens with zero attached hydrogens (tertiary/aromatic N) is 1. The summed E-state index contributed by atoms with van der Waals surface area (Å²) in [4.78, 5) is 11.1. The molecule has 0 aliphatic heterocycles. The highest BCUT2D eigenvalue weighted by Crippen LogP contribution is 2.27. The topological polar surface area (TPSA) is 71.9 Å². The lowest BCUT2D eigenvalue weighted by molar-refractivity contribution is -0.132. The quantitative estimate of drug-likeness (QED) is 0.265. The fraction of sp³-hybridized carbons (Fsp3) is 0.167. The van der Waals surface area contributed by atoms with Crippen molar-refractivity contribution in [2.24, 2.45) is 5.10 Å². The normalized spacial score (nSPS) is 10.5. The van der Waals surface area contributed by atoms with Gasteiger partial charge in [-0.25, -0.2) is 0 Å². The van der Waals surface area contributed by atoms with Crippen LogP contribution in [0.5, 0.6) is 11.5 Å². The monoisotopic (exact) mass is 391 g/mol. The van der Waals surface area contributed by atoms with Crippen molar-refractivity contribution in [2.75, 3.05) is 12.4 Å². The van der Waals surface area contributed by atoms with E-state index in [9.17, 15) is 4.79 Å². The van der Waals surface area contributed by atoms with Gasteiger partial charge in [0.2, 0.25) is 0 Å². The number of methoxy groups -OCH3 is 1. The van der Waals surface area contributed by atoms with Crippen molar-refractivity contribution < 1.29 is 14.3 Å². The molecule has 2 aromatic carbocycles. The van der Waals surface area contributed by atoms with Gasteiger partial charge < -0.3 is 14.8 Å². The minimum atomic E-state index is -0.417. The largest absolute Gasteiger partial charge is 0.493 e. The van der Waals surface area contributed by atoms with Crippen LogP contribution in [0.15, 0.2) is 41.5 Å². The lowest BCUT2D eigenvalue weighted by Crippen LogP contribution is -2.24. The number of hydrogen-bond donors (Lipinski definition) is 2. The average molecular weight is 392 g/mol. The van der Waals surface area contributed by atoms with Gasteiger partial charge in [0.15, 0.2) is 16.6 Å². The molecule has 2 aromatic rings. The standard InChI is InChI=1S/C18H18ClN3O3S/c1-11-14(19)5-4-6-15(11)21-18(26)22-20-10-13-7-8-16(25-12(2)23)17(9-13)24-3/h4-10H,1-3H3,(H2,21,22,26)/b20-10-. The molecule has 0 spiro atoms. The van der Waals surface area contributed by atoms with Crippen LogP contribution in [-0.2, 0) is 4.79 Å². The first-order chi connectivity index (χ1) is 12.4. The van der Waals surface area contributed by atoms with E-state index in [0.29, 0.717) is 21.6 Å². The van der Waals surface area contributed by atoms with Gasteiger partial charge in [-0.3, -0.25) is 10.2 Å². The van der Waals surface area contributed by atoms with Gasteiger partial charge in [-0.1, -0.05) is 17.7 Å². The Labute approximate surface area is 162 Å². The molecule has 0 bridgehead atoms. The molecule has 0 aliphatic rings. The van der Waals surface area contributed by atoms with Crippen LogP contribution in [0.3, 0.4) is 0 Å². The molecule has 0 saturated carbocycles. The van der Waals surface area contributed by atoms with Crippen LogP contribution >= 0.6 is 23.8 Å². The molecule has 26 heavy (non-hydrogen) atoms. The highest BCUT2D eigenvalue weighted by Gasteiger charge is 2.07. The Kier molecular flexibility index (Phi) is 6.94. The number of rotatable bonds is 5. The van der Waals surface area contributed by atoms with Gasteiger partial charge >= 0.3 is 5.97 Å². The van der Waals surface area contributed by atoms with E-state index in [4.69, 9.17) is 33.3 Å². The highest BCUT2D eigenvalue weighted by molar-refractivity contribution is 7.80. The molecule has 0 aliphatic carbocycles. The van der Waals surface area contributed by atoms with Gasteiger partial charge in [-0.15, -0.1) is 0 Å². The maximum atomic E-state index is 11.1. The number of carbonyl (C=O) groups excluding carboxylic acids is 1. The van der Waals surface area contributed by atoms with Crippen molar-refractivity contribution in [1.82, 2.24) is 5.43 Å². The summed E-state index contributed by atoms with van der Waals surface area (Å²) >= 11 is 11.3. The van der Waals surface area contributed by atoms with E-state index < -0.39 is 5.97 Å². The Morgan fingerprint density at radius 1 is 1.27 bits per heavy atom. The molecule has 6 nitrogen and oxygen atoms in total. The first kappa shape index (κ1) is 19.7.